The first-order chi connectivity index (χ1) is 17.3. The highest BCUT2D eigenvalue weighted by molar-refractivity contribution is 6.29. The van der Waals surface area contributed by atoms with Gasteiger partial charge in [0.15, 0.2) is 0 Å². The molecule has 0 amide bonds. The normalized spacial score (nSPS) is 11.6. The fourth-order valence-electron chi connectivity index (χ4n) is 5.49. The van der Waals surface area contributed by atoms with Crippen LogP contribution in [0.15, 0.2) is 127 Å². The zero-order valence-electron chi connectivity index (χ0n) is 19.0. The Morgan fingerprint density at radius 2 is 0.857 bits per heavy atom. The topological polar surface area (TPSA) is 0 Å². The van der Waals surface area contributed by atoms with Gasteiger partial charge in [-0.1, -0.05) is 109 Å². The van der Waals surface area contributed by atoms with Gasteiger partial charge in [0, 0.05) is 0 Å². The SMILES string of the molecule is Fc1ccc(-c2ccc3ccc4c(-c5ccccc5)cc(-c5ccccc5)c5ccc2c3c45)cc1. The molecule has 0 aliphatic rings. The van der Waals surface area contributed by atoms with Crippen LogP contribution in [0.25, 0.3) is 65.7 Å². The molecule has 7 aromatic carbocycles. The van der Waals surface area contributed by atoms with Gasteiger partial charge in [0.2, 0.25) is 0 Å². The zero-order valence-corrected chi connectivity index (χ0v) is 19.0. The summed E-state index contributed by atoms with van der Waals surface area (Å²) in [5, 5.41) is 7.45. The molecule has 0 aromatic heterocycles. The first-order valence-corrected chi connectivity index (χ1v) is 11.9. The van der Waals surface area contributed by atoms with Gasteiger partial charge in [0.25, 0.3) is 0 Å². The van der Waals surface area contributed by atoms with Crippen molar-refractivity contribution in [2.45, 2.75) is 0 Å². The van der Waals surface area contributed by atoms with Gasteiger partial charge in [-0.25, -0.2) is 4.39 Å². The Labute approximate surface area is 203 Å². The average Bonchev–Trinajstić information content (AvgIpc) is 2.93. The Morgan fingerprint density at radius 1 is 0.371 bits per heavy atom. The molecule has 0 saturated heterocycles. The van der Waals surface area contributed by atoms with Gasteiger partial charge in [-0.05, 0) is 83.9 Å². The van der Waals surface area contributed by atoms with Crippen LogP contribution in [0.4, 0.5) is 4.39 Å². The summed E-state index contributed by atoms with van der Waals surface area (Å²) in [4.78, 5) is 0. The number of hydrogen-bond donors (Lipinski definition) is 0. The molecule has 0 atom stereocenters. The lowest BCUT2D eigenvalue weighted by Gasteiger charge is -2.19. The van der Waals surface area contributed by atoms with E-state index in [-0.39, 0.29) is 5.82 Å². The molecule has 0 fully saturated rings. The summed E-state index contributed by atoms with van der Waals surface area (Å²) in [6, 6.07) is 43.7. The fraction of sp³-hybridized carbons (Fsp3) is 0. The summed E-state index contributed by atoms with van der Waals surface area (Å²) in [5.41, 5.74) is 7.04. The Balaban J connectivity index is 1.65. The number of hydrogen-bond acceptors (Lipinski definition) is 0. The van der Waals surface area contributed by atoms with Gasteiger partial charge in [-0.3, -0.25) is 0 Å². The van der Waals surface area contributed by atoms with Crippen LogP contribution in [0, 0.1) is 5.82 Å². The number of benzene rings is 7. The molecule has 35 heavy (non-hydrogen) atoms. The summed E-state index contributed by atoms with van der Waals surface area (Å²) < 4.78 is 13.7. The standard InChI is InChI=1S/C34H21F/c35-26-15-11-24(12-16-26)27-17-13-25-14-18-29-31(22-7-3-1-4-8-22)21-32(23-9-5-2-6-10-23)30-20-19-28(27)33(25)34(29)30/h1-21H. The van der Waals surface area contributed by atoms with E-state index in [9.17, 15) is 4.39 Å². The maximum atomic E-state index is 13.7. The van der Waals surface area contributed by atoms with Gasteiger partial charge in [0.05, 0.1) is 0 Å². The summed E-state index contributed by atoms with van der Waals surface area (Å²) in [7, 11) is 0. The van der Waals surface area contributed by atoms with Crippen molar-refractivity contribution in [3.63, 3.8) is 0 Å². The third kappa shape index (κ3) is 3.13. The van der Waals surface area contributed by atoms with E-state index in [1.165, 1.54) is 66.7 Å². The predicted molar refractivity (Wildman–Crippen MR) is 146 cm³/mol. The monoisotopic (exact) mass is 448 g/mol. The zero-order chi connectivity index (χ0) is 23.4. The molecular formula is C34H21F. The van der Waals surface area contributed by atoms with Gasteiger partial charge in [-0.2, -0.15) is 0 Å². The number of halogens is 1. The van der Waals surface area contributed by atoms with E-state index in [0.29, 0.717) is 0 Å². The molecule has 7 aromatic rings. The molecule has 1 heteroatoms. The molecule has 0 N–H and O–H groups in total. The third-order valence-electron chi connectivity index (χ3n) is 7.11. The molecule has 0 aliphatic heterocycles. The maximum Gasteiger partial charge on any atom is 0.123 e. The van der Waals surface area contributed by atoms with Crippen LogP contribution < -0.4 is 0 Å². The Hall–Kier alpha value is -4.49. The van der Waals surface area contributed by atoms with E-state index in [2.05, 4.69) is 103 Å². The van der Waals surface area contributed by atoms with Crippen molar-refractivity contribution in [2.24, 2.45) is 0 Å². The van der Waals surface area contributed by atoms with E-state index in [1.54, 1.807) is 0 Å². The van der Waals surface area contributed by atoms with Crippen molar-refractivity contribution in [3.8, 4) is 33.4 Å². The molecule has 0 bridgehead atoms. The Bertz CT molecular complexity index is 1760. The Morgan fingerprint density at radius 3 is 1.46 bits per heavy atom. The highest BCUT2D eigenvalue weighted by Crippen LogP contribution is 2.45. The van der Waals surface area contributed by atoms with Crippen LogP contribution in [0.2, 0.25) is 0 Å². The molecule has 0 spiro atoms. The predicted octanol–water partition coefficient (Wildman–Crippen LogP) is 9.72. The second kappa shape index (κ2) is 7.78. The van der Waals surface area contributed by atoms with Crippen molar-refractivity contribution in [2.75, 3.05) is 0 Å². The Kier molecular flexibility index (Phi) is 4.43. The van der Waals surface area contributed by atoms with Crippen LogP contribution >= 0.6 is 0 Å². The van der Waals surface area contributed by atoms with E-state index in [0.717, 1.165) is 11.1 Å². The smallest absolute Gasteiger partial charge is 0.123 e. The molecular weight excluding hydrogens is 427 g/mol. The molecule has 164 valence electrons. The largest absolute Gasteiger partial charge is 0.207 e. The van der Waals surface area contributed by atoms with E-state index in [1.807, 2.05) is 12.1 Å². The van der Waals surface area contributed by atoms with E-state index in [4.69, 9.17) is 0 Å². The minimum absolute atomic E-state index is 0.216. The molecule has 7 rings (SSSR count). The van der Waals surface area contributed by atoms with E-state index < -0.39 is 0 Å². The lowest BCUT2D eigenvalue weighted by molar-refractivity contribution is 0.628. The van der Waals surface area contributed by atoms with Crippen molar-refractivity contribution < 1.29 is 4.39 Å². The first-order valence-electron chi connectivity index (χ1n) is 11.9. The highest BCUT2D eigenvalue weighted by atomic mass is 19.1. The van der Waals surface area contributed by atoms with Crippen molar-refractivity contribution >= 4 is 32.3 Å². The van der Waals surface area contributed by atoms with Gasteiger partial charge in [-0.15, -0.1) is 0 Å². The molecule has 0 heterocycles. The second-order valence-electron chi connectivity index (χ2n) is 9.07. The van der Waals surface area contributed by atoms with Crippen molar-refractivity contribution in [1.29, 1.82) is 0 Å². The summed E-state index contributed by atoms with van der Waals surface area (Å²) in [6.45, 7) is 0. The molecule has 0 saturated carbocycles. The minimum Gasteiger partial charge on any atom is -0.207 e. The van der Waals surface area contributed by atoms with Crippen molar-refractivity contribution in [3.05, 3.63) is 133 Å². The van der Waals surface area contributed by atoms with Gasteiger partial charge >= 0.3 is 0 Å². The summed E-state index contributed by atoms with van der Waals surface area (Å²) in [5.74, 6) is -0.216. The lowest BCUT2D eigenvalue weighted by atomic mass is 9.84. The third-order valence-corrected chi connectivity index (χ3v) is 7.11. The maximum absolute atomic E-state index is 13.7. The summed E-state index contributed by atoms with van der Waals surface area (Å²) >= 11 is 0. The number of rotatable bonds is 3. The van der Waals surface area contributed by atoms with Crippen LogP contribution in [-0.2, 0) is 0 Å². The molecule has 0 unspecified atom stereocenters. The van der Waals surface area contributed by atoms with Crippen LogP contribution in [0.1, 0.15) is 0 Å². The quantitative estimate of drug-likeness (QED) is 0.236. The van der Waals surface area contributed by atoms with Crippen LogP contribution in [-0.4, -0.2) is 0 Å². The van der Waals surface area contributed by atoms with E-state index >= 15 is 0 Å². The molecule has 0 radical (unpaired) electrons. The average molecular weight is 449 g/mol. The minimum atomic E-state index is -0.216. The highest BCUT2D eigenvalue weighted by Gasteiger charge is 2.18. The lowest BCUT2D eigenvalue weighted by Crippen LogP contribution is -1.92. The fourth-order valence-corrected chi connectivity index (χ4v) is 5.49. The molecule has 0 nitrogen and oxygen atoms in total. The first kappa shape index (κ1) is 19.9. The van der Waals surface area contributed by atoms with Gasteiger partial charge in [0.1, 0.15) is 5.82 Å². The molecule has 0 aliphatic carbocycles. The van der Waals surface area contributed by atoms with Gasteiger partial charge < -0.3 is 0 Å². The second-order valence-corrected chi connectivity index (χ2v) is 9.07. The van der Waals surface area contributed by atoms with Crippen molar-refractivity contribution in [1.82, 2.24) is 0 Å². The van der Waals surface area contributed by atoms with Crippen LogP contribution in [0.5, 0.6) is 0 Å². The summed E-state index contributed by atoms with van der Waals surface area (Å²) in [6.07, 6.45) is 0. The van der Waals surface area contributed by atoms with Crippen LogP contribution in [0.3, 0.4) is 0 Å².